The predicted octanol–water partition coefficient (Wildman–Crippen LogP) is 0.865. The van der Waals surface area contributed by atoms with E-state index in [-0.39, 0.29) is 31.4 Å². The molecule has 15 heavy (non-hydrogen) atoms. The Labute approximate surface area is 102 Å². The van der Waals surface area contributed by atoms with Crippen molar-refractivity contribution in [2.45, 2.75) is 18.8 Å². The average molecular weight is 254 g/mol. The largest absolute Gasteiger partial charge is 0.396 e. The molecule has 1 fully saturated rings. The first kappa shape index (κ1) is 14.7. The molecule has 1 aromatic rings. The molecular formula is C9H17Cl2N3O. The Kier molecular flexibility index (Phi) is 6.92. The van der Waals surface area contributed by atoms with Crippen LogP contribution < -0.4 is 5.32 Å². The maximum atomic E-state index is 8.73. The van der Waals surface area contributed by atoms with Crippen molar-refractivity contribution in [3.63, 3.8) is 0 Å². The summed E-state index contributed by atoms with van der Waals surface area (Å²) in [6, 6.07) is 2.06. The van der Waals surface area contributed by atoms with Gasteiger partial charge in [-0.15, -0.1) is 24.8 Å². The first-order valence-electron chi connectivity index (χ1n) is 4.76. The number of nitrogens with one attached hydrogen (secondary N) is 2. The molecule has 1 atom stereocenters. The zero-order chi connectivity index (χ0) is 9.10. The number of H-pyrrole nitrogens is 1. The van der Waals surface area contributed by atoms with Crippen LogP contribution in [0.15, 0.2) is 6.07 Å². The second kappa shape index (κ2) is 7.06. The van der Waals surface area contributed by atoms with Crippen LogP contribution >= 0.6 is 24.8 Å². The van der Waals surface area contributed by atoms with Gasteiger partial charge >= 0.3 is 0 Å². The monoisotopic (exact) mass is 253 g/mol. The lowest BCUT2D eigenvalue weighted by Crippen LogP contribution is -2.08. The highest BCUT2D eigenvalue weighted by Gasteiger charge is 2.18. The van der Waals surface area contributed by atoms with E-state index in [1.54, 1.807) is 0 Å². The first-order chi connectivity index (χ1) is 6.40. The Hall–Kier alpha value is -0.290. The number of halogens is 2. The van der Waals surface area contributed by atoms with Crippen LogP contribution in [0.25, 0.3) is 0 Å². The van der Waals surface area contributed by atoms with Gasteiger partial charge in [0.25, 0.3) is 0 Å². The maximum absolute atomic E-state index is 8.73. The Morgan fingerprint density at radius 3 is 2.87 bits per heavy atom. The topological polar surface area (TPSA) is 60.9 Å². The fourth-order valence-electron chi connectivity index (χ4n) is 1.74. The van der Waals surface area contributed by atoms with E-state index in [1.807, 2.05) is 0 Å². The lowest BCUT2D eigenvalue weighted by atomic mass is 10.0. The summed E-state index contributed by atoms with van der Waals surface area (Å²) in [5.74, 6) is 0.559. The Balaban J connectivity index is 0.000000980. The van der Waals surface area contributed by atoms with Gasteiger partial charge in [-0.2, -0.15) is 5.10 Å². The molecule has 1 unspecified atom stereocenters. The van der Waals surface area contributed by atoms with Crippen molar-refractivity contribution >= 4 is 24.8 Å². The molecule has 2 heterocycles. The standard InChI is InChI=1S/C9H15N3O.2ClH/c13-4-2-8-5-9(12-11-8)7-1-3-10-6-7;;/h5,7,10,13H,1-4,6H2,(H,11,12);2*1H. The highest BCUT2D eigenvalue weighted by molar-refractivity contribution is 5.85. The molecule has 1 saturated heterocycles. The molecule has 2 rings (SSSR count). The van der Waals surface area contributed by atoms with Crippen LogP contribution in [-0.4, -0.2) is 35.0 Å². The molecule has 1 aliphatic rings. The zero-order valence-electron chi connectivity index (χ0n) is 8.40. The summed E-state index contributed by atoms with van der Waals surface area (Å²) in [7, 11) is 0. The van der Waals surface area contributed by atoms with Crippen LogP contribution in [0, 0.1) is 0 Å². The van der Waals surface area contributed by atoms with Crippen molar-refractivity contribution in [1.29, 1.82) is 0 Å². The maximum Gasteiger partial charge on any atom is 0.0669 e. The van der Waals surface area contributed by atoms with Gasteiger partial charge in [-0.1, -0.05) is 0 Å². The van der Waals surface area contributed by atoms with Gasteiger partial charge in [0.1, 0.15) is 0 Å². The molecule has 88 valence electrons. The smallest absolute Gasteiger partial charge is 0.0669 e. The Morgan fingerprint density at radius 1 is 1.47 bits per heavy atom. The van der Waals surface area contributed by atoms with E-state index in [0.717, 1.165) is 24.5 Å². The van der Waals surface area contributed by atoms with Crippen LogP contribution in [0.1, 0.15) is 23.7 Å². The molecule has 1 aliphatic heterocycles. The minimum atomic E-state index is 0. The van der Waals surface area contributed by atoms with Gasteiger partial charge in [-0.25, -0.2) is 0 Å². The fraction of sp³-hybridized carbons (Fsp3) is 0.667. The molecule has 4 nitrogen and oxygen atoms in total. The third kappa shape index (κ3) is 3.65. The minimum Gasteiger partial charge on any atom is -0.396 e. The molecule has 0 radical (unpaired) electrons. The lowest BCUT2D eigenvalue weighted by Gasteiger charge is -2.01. The van der Waals surface area contributed by atoms with E-state index in [2.05, 4.69) is 21.6 Å². The molecule has 0 saturated carbocycles. The van der Waals surface area contributed by atoms with E-state index in [1.165, 1.54) is 6.42 Å². The molecule has 1 aromatic heterocycles. The summed E-state index contributed by atoms with van der Waals surface area (Å²) in [6.07, 6.45) is 1.84. The summed E-state index contributed by atoms with van der Waals surface area (Å²) in [5.41, 5.74) is 2.16. The fourth-order valence-corrected chi connectivity index (χ4v) is 1.74. The molecule has 6 heteroatoms. The van der Waals surface area contributed by atoms with Crippen LogP contribution in [0.4, 0.5) is 0 Å². The quantitative estimate of drug-likeness (QED) is 0.750. The summed E-state index contributed by atoms with van der Waals surface area (Å²) in [5, 5.41) is 19.2. The number of aromatic amines is 1. The van der Waals surface area contributed by atoms with Crippen molar-refractivity contribution in [2.24, 2.45) is 0 Å². The predicted molar refractivity (Wildman–Crippen MR) is 64.1 cm³/mol. The highest BCUT2D eigenvalue weighted by atomic mass is 35.5. The van der Waals surface area contributed by atoms with Crippen molar-refractivity contribution in [1.82, 2.24) is 15.5 Å². The number of rotatable bonds is 3. The number of aliphatic hydroxyl groups is 1. The number of hydrogen-bond donors (Lipinski definition) is 3. The van der Waals surface area contributed by atoms with Gasteiger partial charge in [-0.3, -0.25) is 5.10 Å². The highest BCUT2D eigenvalue weighted by Crippen LogP contribution is 2.20. The Morgan fingerprint density at radius 2 is 2.27 bits per heavy atom. The lowest BCUT2D eigenvalue weighted by molar-refractivity contribution is 0.298. The van der Waals surface area contributed by atoms with Crippen LogP contribution in [0.5, 0.6) is 0 Å². The molecule has 0 aromatic carbocycles. The first-order valence-corrected chi connectivity index (χ1v) is 4.76. The number of hydrogen-bond acceptors (Lipinski definition) is 3. The molecular weight excluding hydrogens is 237 g/mol. The molecule has 0 aliphatic carbocycles. The Bertz CT molecular complexity index is 274. The van der Waals surface area contributed by atoms with Gasteiger partial charge in [0.2, 0.25) is 0 Å². The summed E-state index contributed by atoms with van der Waals surface area (Å²) >= 11 is 0. The van der Waals surface area contributed by atoms with Gasteiger partial charge in [0.15, 0.2) is 0 Å². The summed E-state index contributed by atoms with van der Waals surface area (Å²) in [4.78, 5) is 0. The second-order valence-corrected chi connectivity index (χ2v) is 3.48. The van der Waals surface area contributed by atoms with E-state index in [0.29, 0.717) is 12.3 Å². The van der Waals surface area contributed by atoms with Crippen molar-refractivity contribution < 1.29 is 5.11 Å². The third-order valence-corrected chi connectivity index (χ3v) is 2.51. The van der Waals surface area contributed by atoms with Crippen molar-refractivity contribution in [3.05, 3.63) is 17.5 Å². The van der Waals surface area contributed by atoms with E-state index < -0.39 is 0 Å². The zero-order valence-corrected chi connectivity index (χ0v) is 10.0. The summed E-state index contributed by atoms with van der Waals surface area (Å²) < 4.78 is 0. The van der Waals surface area contributed by atoms with Crippen molar-refractivity contribution in [2.75, 3.05) is 19.7 Å². The molecule has 0 amide bonds. The van der Waals surface area contributed by atoms with Gasteiger partial charge in [-0.05, 0) is 19.0 Å². The number of aliphatic hydroxyl groups excluding tert-OH is 1. The molecule has 0 spiro atoms. The van der Waals surface area contributed by atoms with Crippen molar-refractivity contribution in [3.8, 4) is 0 Å². The summed E-state index contributed by atoms with van der Waals surface area (Å²) in [6.45, 7) is 2.31. The van der Waals surface area contributed by atoms with Gasteiger partial charge in [0, 0.05) is 31.2 Å². The average Bonchev–Trinajstić information content (AvgIpc) is 2.70. The normalized spacial score (nSPS) is 19.4. The second-order valence-electron chi connectivity index (χ2n) is 3.48. The third-order valence-electron chi connectivity index (χ3n) is 2.51. The SMILES string of the molecule is Cl.Cl.OCCc1cc(C2CCNC2)n[nH]1. The minimum absolute atomic E-state index is 0. The number of aromatic nitrogens is 2. The van der Waals surface area contributed by atoms with E-state index in [9.17, 15) is 0 Å². The number of nitrogens with zero attached hydrogens (tertiary/aromatic N) is 1. The van der Waals surface area contributed by atoms with Crippen LogP contribution in [-0.2, 0) is 6.42 Å². The van der Waals surface area contributed by atoms with Crippen LogP contribution in [0.3, 0.4) is 0 Å². The van der Waals surface area contributed by atoms with Crippen LogP contribution in [0.2, 0.25) is 0 Å². The van der Waals surface area contributed by atoms with Gasteiger partial charge < -0.3 is 10.4 Å². The van der Waals surface area contributed by atoms with Gasteiger partial charge in [0.05, 0.1) is 5.69 Å². The molecule has 3 N–H and O–H groups in total. The van der Waals surface area contributed by atoms with E-state index >= 15 is 0 Å². The van der Waals surface area contributed by atoms with E-state index in [4.69, 9.17) is 5.11 Å². The molecule has 0 bridgehead atoms.